The molecular weight excluding hydrogens is 598 g/mol. The second-order valence-corrected chi connectivity index (χ2v) is 10.0. The molecule has 0 bridgehead atoms. The van der Waals surface area contributed by atoms with E-state index in [1.54, 1.807) is 73.7 Å². The van der Waals surface area contributed by atoms with Crippen LogP contribution in [0.2, 0.25) is 0 Å². The van der Waals surface area contributed by atoms with Gasteiger partial charge < -0.3 is 28.8 Å². The number of pyridine rings is 1. The van der Waals surface area contributed by atoms with E-state index in [4.69, 9.17) is 23.7 Å². The van der Waals surface area contributed by atoms with Crippen LogP contribution in [0.3, 0.4) is 0 Å². The van der Waals surface area contributed by atoms with Gasteiger partial charge in [-0.1, -0.05) is 54.6 Å². The second kappa shape index (κ2) is 14.4. The Morgan fingerprint density at radius 1 is 0.696 bits per heavy atom. The molecule has 0 saturated carbocycles. The Kier molecular flexibility index (Phi) is 9.88. The molecule has 3 aromatic carbocycles. The van der Waals surface area contributed by atoms with E-state index >= 15 is 0 Å². The Labute approximate surface area is 262 Å². The number of ether oxygens (including phenoxy) is 5. The van der Waals surface area contributed by atoms with Crippen molar-refractivity contribution in [3.8, 4) is 5.75 Å². The van der Waals surface area contributed by atoms with Gasteiger partial charge in [0.1, 0.15) is 24.2 Å². The Hall–Kier alpha value is -5.75. The Balaban J connectivity index is 1.58. The molecule has 12 nitrogen and oxygen atoms in total. The van der Waals surface area contributed by atoms with E-state index in [2.05, 4.69) is 0 Å². The number of aromatic nitrogens is 1. The third kappa shape index (κ3) is 7.13. The maximum atomic E-state index is 13.4. The van der Waals surface area contributed by atoms with Crippen LogP contribution in [0.5, 0.6) is 5.75 Å². The van der Waals surface area contributed by atoms with Crippen LogP contribution in [0, 0.1) is 0 Å². The molecule has 1 fully saturated rings. The number of benzene rings is 3. The average molecular weight is 628 g/mol. The van der Waals surface area contributed by atoms with Gasteiger partial charge in [0.15, 0.2) is 18.4 Å². The van der Waals surface area contributed by atoms with Crippen LogP contribution in [0.4, 0.5) is 0 Å². The predicted molar refractivity (Wildman–Crippen MR) is 160 cm³/mol. The van der Waals surface area contributed by atoms with Crippen LogP contribution >= 0.6 is 0 Å². The maximum absolute atomic E-state index is 13.4. The standard InChI is InChI=1S/C34H29NO11/c1-2-42-34(41)25-18-24(36)19-27(37)35(25)30-29(46-33(40)23-16-10-5-11-17-23)28(45-32(39)22-14-8-4-9-15-22)26(44-30)20-43-31(38)21-12-6-3-7-13-21/h3-19,26,28-30,36H,2,20H2,1H3. The summed E-state index contributed by atoms with van der Waals surface area (Å²) < 4.78 is 29.3. The van der Waals surface area contributed by atoms with Crippen LogP contribution in [-0.4, -0.2) is 65.1 Å². The van der Waals surface area contributed by atoms with E-state index in [9.17, 15) is 29.1 Å². The minimum Gasteiger partial charge on any atom is -0.508 e. The first-order chi connectivity index (χ1) is 22.3. The molecule has 5 rings (SSSR count). The van der Waals surface area contributed by atoms with Crippen LogP contribution < -0.4 is 5.56 Å². The molecule has 1 saturated heterocycles. The first kappa shape index (κ1) is 31.7. The topological polar surface area (TPSA) is 157 Å². The highest BCUT2D eigenvalue weighted by molar-refractivity contribution is 5.91. The van der Waals surface area contributed by atoms with Crippen molar-refractivity contribution >= 4 is 23.9 Å². The van der Waals surface area contributed by atoms with E-state index in [-0.39, 0.29) is 23.3 Å². The lowest BCUT2D eigenvalue weighted by Crippen LogP contribution is -2.43. The summed E-state index contributed by atoms with van der Waals surface area (Å²) in [4.78, 5) is 65.8. The number of hydrogen-bond acceptors (Lipinski definition) is 11. The molecule has 4 aromatic rings. The summed E-state index contributed by atoms with van der Waals surface area (Å²) in [5.41, 5.74) is -0.803. The number of hydrogen-bond donors (Lipinski definition) is 1. The van der Waals surface area contributed by atoms with Crippen molar-refractivity contribution < 1.29 is 48.0 Å². The van der Waals surface area contributed by atoms with Crippen LogP contribution in [0.1, 0.15) is 54.7 Å². The number of rotatable bonds is 10. The zero-order valence-electron chi connectivity index (χ0n) is 24.5. The minimum atomic E-state index is -1.60. The average Bonchev–Trinajstić information content (AvgIpc) is 3.39. The fraction of sp³-hybridized carbons (Fsp3) is 0.206. The third-order valence-corrected chi connectivity index (χ3v) is 6.97. The molecule has 4 atom stereocenters. The van der Waals surface area contributed by atoms with Gasteiger partial charge in [-0.3, -0.25) is 9.36 Å². The minimum absolute atomic E-state index is 0.0595. The van der Waals surface area contributed by atoms with Gasteiger partial charge in [0.25, 0.3) is 5.56 Å². The van der Waals surface area contributed by atoms with Crippen molar-refractivity contribution in [2.24, 2.45) is 0 Å². The van der Waals surface area contributed by atoms with E-state index in [0.29, 0.717) is 0 Å². The van der Waals surface area contributed by atoms with Crippen LogP contribution in [-0.2, 0) is 23.7 Å². The monoisotopic (exact) mass is 627 g/mol. The summed E-state index contributed by atoms with van der Waals surface area (Å²) in [7, 11) is 0. The molecule has 0 spiro atoms. The van der Waals surface area contributed by atoms with Crippen molar-refractivity contribution in [3.63, 3.8) is 0 Å². The van der Waals surface area contributed by atoms with E-state index in [1.165, 1.54) is 24.3 Å². The van der Waals surface area contributed by atoms with Gasteiger partial charge in [-0.15, -0.1) is 0 Å². The largest absolute Gasteiger partial charge is 0.508 e. The van der Waals surface area contributed by atoms with E-state index in [1.807, 2.05) is 0 Å². The van der Waals surface area contributed by atoms with Crippen molar-refractivity contribution in [2.45, 2.75) is 31.5 Å². The summed E-state index contributed by atoms with van der Waals surface area (Å²) in [6.45, 7) is 0.990. The highest BCUT2D eigenvalue weighted by atomic mass is 16.7. The SMILES string of the molecule is CCOC(=O)c1cc(O)cc(=O)n1C1OC(COC(=O)c2ccccc2)C(OC(=O)c2ccccc2)C1OC(=O)c1ccccc1. The number of aromatic hydroxyl groups is 1. The smallest absolute Gasteiger partial charge is 0.355 e. The van der Waals surface area contributed by atoms with Gasteiger partial charge in [-0.05, 0) is 43.3 Å². The zero-order valence-corrected chi connectivity index (χ0v) is 24.5. The van der Waals surface area contributed by atoms with E-state index < -0.39 is 72.0 Å². The first-order valence-electron chi connectivity index (χ1n) is 14.3. The molecule has 0 radical (unpaired) electrons. The molecular formula is C34H29NO11. The predicted octanol–water partition coefficient (Wildman–Crippen LogP) is 3.94. The van der Waals surface area contributed by atoms with Crippen molar-refractivity contribution in [2.75, 3.05) is 13.2 Å². The molecule has 1 N–H and O–H groups in total. The number of carbonyl (C=O) groups excluding carboxylic acids is 4. The molecule has 1 aliphatic rings. The van der Waals surface area contributed by atoms with Gasteiger partial charge in [0.2, 0.25) is 0 Å². The molecule has 0 amide bonds. The lowest BCUT2D eigenvalue weighted by molar-refractivity contribution is -0.0646. The maximum Gasteiger partial charge on any atom is 0.355 e. The van der Waals surface area contributed by atoms with Crippen molar-refractivity contribution in [1.29, 1.82) is 0 Å². The van der Waals surface area contributed by atoms with Crippen LogP contribution in [0.25, 0.3) is 0 Å². The van der Waals surface area contributed by atoms with Gasteiger partial charge in [0.05, 0.1) is 23.3 Å². The molecule has 4 unspecified atom stereocenters. The molecule has 12 heteroatoms. The first-order valence-corrected chi connectivity index (χ1v) is 14.3. The second-order valence-electron chi connectivity index (χ2n) is 10.0. The number of esters is 4. The quantitative estimate of drug-likeness (QED) is 0.201. The van der Waals surface area contributed by atoms with Crippen LogP contribution in [0.15, 0.2) is 108 Å². The molecule has 1 aromatic heterocycles. The van der Waals surface area contributed by atoms with Gasteiger partial charge in [-0.2, -0.15) is 0 Å². The molecule has 46 heavy (non-hydrogen) atoms. The highest BCUT2D eigenvalue weighted by Crippen LogP contribution is 2.36. The van der Waals surface area contributed by atoms with Gasteiger partial charge >= 0.3 is 23.9 Å². The lowest BCUT2D eigenvalue weighted by atomic mass is 10.1. The number of nitrogens with zero attached hydrogens (tertiary/aromatic N) is 1. The Morgan fingerprint density at radius 2 is 1.20 bits per heavy atom. The van der Waals surface area contributed by atoms with Gasteiger partial charge in [0, 0.05) is 12.1 Å². The fourth-order valence-electron chi connectivity index (χ4n) is 4.86. The molecule has 2 heterocycles. The lowest BCUT2D eigenvalue weighted by Gasteiger charge is -2.26. The summed E-state index contributed by atoms with van der Waals surface area (Å²) in [5, 5.41) is 10.2. The Morgan fingerprint density at radius 3 is 1.72 bits per heavy atom. The normalized spacial score (nSPS) is 18.7. The Bertz CT molecular complexity index is 1760. The highest BCUT2D eigenvalue weighted by Gasteiger charge is 2.52. The summed E-state index contributed by atoms with van der Waals surface area (Å²) in [5.74, 6) is -3.90. The molecule has 236 valence electrons. The van der Waals surface area contributed by atoms with Gasteiger partial charge in [-0.25, -0.2) is 19.2 Å². The van der Waals surface area contributed by atoms with E-state index in [0.717, 1.165) is 16.7 Å². The summed E-state index contributed by atoms with van der Waals surface area (Å²) in [6.07, 6.45) is -5.91. The fourth-order valence-corrected chi connectivity index (χ4v) is 4.86. The summed E-state index contributed by atoms with van der Waals surface area (Å²) in [6, 6.07) is 25.8. The third-order valence-electron chi connectivity index (χ3n) is 6.97. The van der Waals surface area contributed by atoms with Crippen molar-refractivity contribution in [3.05, 3.63) is 136 Å². The molecule has 1 aliphatic heterocycles. The van der Waals surface area contributed by atoms with Crippen molar-refractivity contribution in [1.82, 2.24) is 4.57 Å². The number of carbonyl (C=O) groups is 4. The molecule has 0 aliphatic carbocycles. The summed E-state index contributed by atoms with van der Waals surface area (Å²) >= 11 is 0. The zero-order chi connectivity index (χ0) is 32.6.